The molecule has 0 heterocycles. The third kappa shape index (κ3) is 9.23. The number of halogens is 4. The number of hydrogen-bond donors (Lipinski definition) is 0. The van der Waals surface area contributed by atoms with Crippen LogP contribution in [0.4, 0.5) is 17.6 Å². The summed E-state index contributed by atoms with van der Waals surface area (Å²) in [5.41, 5.74) is 1.96. The molecule has 0 atom stereocenters. The van der Waals surface area contributed by atoms with Crippen LogP contribution in [-0.4, -0.2) is 0 Å². The van der Waals surface area contributed by atoms with Gasteiger partial charge in [-0.05, 0) is 160 Å². The summed E-state index contributed by atoms with van der Waals surface area (Å²) >= 11 is 0. The van der Waals surface area contributed by atoms with Crippen molar-refractivity contribution in [2.24, 2.45) is 35.5 Å². The van der Waals surface area contributed by atoms with E-state index < -0.39 is 23.3 Å². The van der Waals surface area contributed by atoms with E-state index in [4.69, 9.17) is 0 Å². The van der Waals surface area contributed by atoms with Crippen LogP contribution in [0.5, 0.6) is 0 Å². The third-order valence-electron chi connectivity index (χ3n) is 11.8. The molecule has 0 bridgehead atoms. The van der Waals surface area contributed by atoms with Crippen molar-refractivity contribution < 1.29 is 17.6 Å². The van der Waals surface area contributed by atoms with Gasteiger partial charge in [-0.1, -0.05) is 63.8 Å². The average Bonchev–Trinajstić information content (AvgIpc) is 3.04. The molecule has 4 fully saturated rings. The monoisotopic (exact) mass is 610 g/mol. The van der Waals surface area contributed by atoms with Gasteiger partial charge in [0.2, 0.25) is 0 Å². The van der Waals surface area contributed by atoms with E-state index in [2.05, 4.69) is 26.0 Å². The summed E-state index contributed by atoms with van der Waals surface area (Å²) in [6.45, 7) is 4.73. The van der Waals surface area contributed by atoms with Crippen molar-refractivity contribution in [1.82, 2.24) is 0 Å². The highest BCUT2D eigenvalue weighted by Crippen LogP contribution is 2.44. The van der Waals surface area contributed by atoms with Crippen LogP contribution in [0.1, 0.15) is 140 Å². The molecule has 44 heavy (non-hydrogen) atoms. The van der Waals surface area contributed by atoms with Crippen molar-refractivity contribution in [3.8, 4) is 0 Å². The second-order valence-corrected chi connectivity index (χ2v) is 15.0. The zero-order valence-electron chi connectivity index (χ0n) is 27.1. The van der Waals surface area contributed by atoms with Crippen molar-refractivity contribution >= 4 is 0 Å². The third-order valence-corrected chi connectivity index (χ3v) is 11.8. The largest absolute Gasteiger partial charge is 0.204 e. The first-order valence-corrected chi connectivity index (χ1v) is 17.8. The zero-order chi connectivity index (χ0) is 31.1. The summed E-state index contributed by atoms with van der Waals surface area (Å²) in [5.74, 6) is 3.02. The normalized spacial score (nSPS) is 33.0. The maximum atomic E-state index is 13.4. The van der Waals surface area contributed by atoms with E-state index in [0.29, 0.717) is 17.8 Å². The van der Waals surface area contributed by atoms with Crippen LogP contribution in [0.3, 0.4) is 0 Å². The Morgan fingerprint density at radius 3 is 1.18 bits per heavy atom. The molecule has 2 aromatic rings. The second kappa shape index (κ2) is 15.9. The Hall–Kier alpha value is -2.10. The second-order valence-electron chi connectivity index (χ2n) is 15.0. The molecular formula is C40H54F4. The Kier molecular flexibility index (Phi) is 12.1. The molecule has 0 amide bonds. The van der Waals surface area contributed by atoms with E-state index in [1.165, 1.54) is 101 Å². The van der Waals surface area contributed by atoms with E-state index in [0.717, 1.165) is 66.4 Å². The SMILES string of the molecule is CC1CCC(/C=C/C2CCC(c3ccc(F)c(F)c3)CC2)CC1.CC1CCC(C2CCC(c3ccc(F)c(F)c3)CC2)CC1. The standard InChI is InChI=1S/C21H28F2.C19H26F2/c1-15-2-4-16(5-3-15)6-7-17-8-10-18(11-9-17)19-12-13-20(22)21(23)14-19;1-13-2-4-14(5-3-13)15-6-8-16(9-7-15)17-10-11-18(20)19(21)12-17/h6-7,12-18H,2-5,8-11H2,1H3;10-16H,2-9H2,1H3/b7-6+;. The van der Waals surface area contributed by atoms with Crippen molar-refractivity contribution in [3.63, 3.8) is 0 Å². The fourth-order valence-electron chi connectivity index (χ4n) is 8.65. The van der Waals surface area contributed by atoms with Gasteiger partial charge < -0.3 is 0 Å². The van der Waals surface area contributed by atoms with Gasteiger partial charge in [0.1, 0.15) is 0 Å². The summed E-state index contributed by atoms with van der Waals surface area (Å²) < 4.78 is 52.8. The molecule has 0 unspecified atom stereocenters. The van der Waals surface area contributed by atoms with E-state index in [-0.39, 0.29) is 0 Å². The van der Waals surface area contributed by atoms with E-state index in [1.54, 1.807) is 12.1 Å². The van der Waals surface area contributed by atoms with Crippen molar-refractivity contribution in [2.75, 3.05) is 0 Å². The summed E-state index contributed by atoms with van der Waals surface area (Å²) in [7, 11) is 0. The van der Waals surface area contributed by atoms with Crippen LogP contribution in [0, 0.1) is 58.8 Å². The van der Waals surface area contributed by atoms with Crippen LogP contribution in [0.15, 0.2) is 48.6 Å². The lowest BCUT2D eigenvalue weighted by molar-refractivity contribution is 0.165. The Bertz CT molecular complexity index is 1190. The summed E-state index contributed by atoms with van der Waals surface area (Å²) in [6.07, 6.45) is 25.3. The first kappa shape index (κ1) is 33.3. The summed E-state index contributed by atoms with van der Waals surface area (Å²) in [4.78, 5) is 0. The summed E-state index contributed by atoms with van der Waals surface area (Å²) in [6, 6.07) is 8.86. The van der Waals surface area contributed by atoms with Gasteiger partial charge in [0.25, 0.3) is 0 Å². The highest BCUT2D eigenvalue weighted by atomic mass is 19.2. The highest BCUT2D eigenvalue weighted by Gasteiger charge is 2.30. The van der Waals surface area contributed by atoms with Gasteiger partial charge in [-0.25, -0.2) is 17.6 Å². The molecule has 0 aromatic heterocycles. The van der Waals surface area contributed by atoms with Gasteiger partial charge in [-0.2, -0.15) is 0 Å². The van der Waals surface area contributed by atoms with Crippen LogP contribution < -0.4 is 0 Å². The molecular weight excluding hydrogens is 556 g/mol. The molecule has 242 valence electrons. The van der Waals surface area contributed by atoms with Gasteiger partial charge in [0.05, 0.1) is 0 Å². The lowest BCUT2D eigenvalue weighted by Crippen LogP contribution is -2.24. The average molecular weight is 611 g/mol. The molecule has 4 heteroatoms. The molecule has 4 aliphatic rings. The zero-order valence-corrected chi connectivity index (χ0v) is 27.1. The predicted octanol–water partition coefficient (Wildman–Crippen LogP) is 12.7. The number of allylic oxidation sites excluding steroid dienone is 2. The Morgan fingerprint density at radius 1 is 0.432 bits per heavy atom. The fraction of sp³-hybridized carbons (Fsp3) is 0.650. The lowest BCUT2D eigenvalue weighted by atomic mass is 9.68. The number of hydrogen-bond acceptors (Lipinski definition) is 0. The molecule has 0 nitrogen and oxygen atoms in total. The van der Waals surface area contributed by atoms with Gasteiger partial charge in [-0.15, -0.1) is 0 Å². The molecule has 0 saturated heterocycles. The van der Waals surface area contributed by atoms with Crippen molar-refractivity contribution in [2.45, 2.75) is 128 Å². The topological polar surface area (TPSA) is 0 Å². The minimum atomic E-state index is -0.743. The molecule has 2 aromatic carbocycles. The fourth-order valence-corrected chi connectivity index (χ4v) is 8.65. The van der Waals surface area contributed by atoms with Crippen LogP contribution in [-0.2, 0) is 0 Å². The van der Waals surface area contributed by atoms with Gasteiger partial charge in [0, 0.05) is 0 Å². The minimum Gasteiger partial charge on any atom is -0.204 e. The maximum Gasteiger partial charge on any atom is 0.159 e. The molecule has 0 N–H and O–H groups in total. The quantitative estimate of drug-likeness (QED) is 0.233. The van der Waals surface area contributed by atoms with Crippen LogP contribution >= 0.6 is 0 Å². The van der Waals surface area contributed by atoms with E-state index in [1.807, 2.05) is 0 Å². The molecule has 6 rings (SSSR count). The smallest absolute Gasteiger partial charge is 0.159 e. The van der Waals surface area contributed by atoms with Gasteiger partial charge in [-0.3, -0.25) is 0 Å². The first-order chi connectivity index (χ1) is 21.2. The Morgan fingerprint density at radius 2 is 0.773 bits per heavy atom. The van der Waals surface area contributed by atoms with Gasteiger partial charge in [0.15, 0.2) is 23.3 Å². The van der Waals surface area contributed by atoms with Gasteiger partial charge >= 0.3 is 0 Å². The predicted molar refractivity (Wildman–Crippen MR) is 173 cm³/mol. The van der Waals surface area contributed by atoms with E-state index in [9.17, 15) is 17.6 Å². The van der Waals surface area contributed by atoms with Crippen LogP contribution in [0.25, 0.3) is 0 Å². The highest BCUT2D eigenvalue weighted by molar-refractivity contribution is 5.23. The molecule has 0 aliphatic heterocycles. The maximum absolute atomic E-state index is 13.4. The number of rotatable bonds is 5. The summed E-state index contributed by atoms with van der Waals surface area (Å²) in [5, 5.41) is 0. The molecule has 4 aliphatic carbocycles. The molecule has 0 spiro atoms. The van der Waals surface area contributed by atoms with Crippen molar-refractivity contribution in [1.29, 1.82) is 0 Å². The number of benzene rings is 2. The molecule has 4 saturated carbocycles. The van der Waals surface area contributed by atoms with Crippen molar-refractivity contribution in [3.05, 3.63) is 82.9 Å². The Labute approximate surface area is 264 Å². The minimum absolute atomic E-state index is 0.394. The lowest BCUT2D eigenvalue weighted by Gasteiger charge is -2.37. The molecule has 0 radical (unpaired) electrons. The van der Waals surface area contributed by atoms with Crippen LogP contribution in [0.2, 0.25) is 0 Å². The first-order valence-electron chi connectivity index (χ1n) is 17.8. The van der Waals surface area contributed by atoms with E-state index >= 15 is 0 Å². The Balaban J connectivity index is 0.000000175.